The first-order valence-electron chi connectivity index (χ1n) is 10.6. The van der Waals surface area contributed by atoms with Crippen LogP contribution in [0.15, 0.2) is 51.7 Å². The van der Waals surface area contributed by atoms with Crippen molar-refractivity contribution in [2.45, 2.75) is 44.6 Å². The summed E-state index contributed by atoms with van der Waals surface area (Å²) in [5, 5.41) is 8.81. The zero-order valence-electron chi connectivity index (χ0n) is 18.2. The maximum absolute atomic E-state index is 12.6. The Hall–Kier alpha value is -1.17. The largest absolute Gasteiger partial charge is 0.357 e. The fourth-order valence-corrected chi connectivity index (χ4v) is 5.86. The number of hydrogen-bond donors (Lipinski definition) is 2. The maximum atomic E-state index is 12.6. The van der Waals surface area contributed by atoms with Crippen LogP contribution in [0.3, 0.4) is 0 Å². The number of hydrogen-bond acceptors (Lipinski definition) is 4. The van der Waals surface area contributed by atoms with Crippen molar-refractivity contribution in [2.24, 2.45) is 10.9 Å². The lowest BCUT2D eigenvalue weighted by atomic mass is 10.1. The molecule has 1 unspecified atom stereocenters. The molecule has 0 amide bonds. The Bertz CT molecular complexity index is 909. The predicted molar refractivity (Wildman–Crippen MR) is 140 cm³/mol. The highest BCUT2D eigenvalue weighted by atomic mass is 127. The minimum Gasteiger partial charge on any atom is -0.357 e. The normalized spacial score (nSPS) is 16.0. The van der Waals surface area contributed by atoms with E-state index in [1.165, 1.54) is 4.88 Å². The smallest absolute Gasteiger partial charge is 0.243 e. The van der Waals surface area contributed by atoms with Crippen LogP contribution in [0.5, 0.6) is 0 Å². The van der Waals surface area contributed by atoms with Crippen LogP contribution in [-0.2, 0) is 23.0 Å². The number of nitrogens with one attached hydrogen (secondary N) is 2. The van der Waals surface area contributed by atoms with Crippen LogP contribution in [0.2, 0.25) is 0 Å². The molecule has 9 heteroatoms. The van der Waals surface area contributed by atoms with Gasteiger partial charge >= 0.3 is 0 Å². The number of nitrogens with zero attached hydrogens (tertiary/aromatic N) is 2. The molecule has 2 aromatic rings. The van der Waals surface area contributed by atoms with Gasteiger partial charge in [-0.05, 0) is 61.2 Å². The van der Waals surface area contributed by atoms with Gasteiger partial charge in [-0.2, -0.15) is 4.31 Å². The van der Waals surface area contributed by atoms with Gasteiger partial charge in [0, 0.05) is 31.1 Å². The maximum Gasteiger partial charge on any atom is 0.243 e. The van der Waals surface area contributed by atoms with E-state index in [2.05, 4.69) is 40.1 Å². The van der Waals surface area contributed by atoms with Crippen molar-refractivity contribution in [1.82, 2.24) is 14.9 Å². The number of rotatable bonds is 9. The van der Waals surface area contributed by atoms with Crippen molar-refractivity contribution in [3.05, 3.63) is 52.2 Å². The van der Waals surface area contributed by atoms with Gasteiger partial charge in [0.2, 0.25) is 10.0 Å². The van der Waals surface area contributed by atoms with E-state index in [0.717, 1.165) is 43.9 Å². The van der Waals surface area contributed by atoms with Gasteiger partial charge in [-0.25, -0.2) is 13.4 Å². The zero-order valence-corrected chi connectivity index (χ0v) is 22.2. The second-order valence-corrected chi connectivity index (χ2v) is 10.7. The third kappa shape index (κ3) is 7.73. The Morgan fingerprint density at radius 2 is 1.87 bits per heavy atom. The Kier molecular flexibility index (Phi) is 10.7. The SMILES string of the molecule is CCNC(=NCc1ccc(S(=O)(=O)N2CCCC2)cc1)NCC(C)Cc1cccs1.I. The number of aliphatic imine (C=N–C) groups is 1. The summed E-state index contributed by atoms with van der Waals surface area (Å²) in [6.45, 7) is 7.65. The lowest BCUT2D eigenvalue weighted by molar-refractivity contribution is 0.477. The van der Waals surface area contributed by atoms with Gasteiger partial charge in [-0.15, -0.1) is 35.3 Å². The molecule has 0 saturated carbocycles. The highest BCUT2D eigenvalue weighted by Crippen LogP contribution is 2.21. The first kappa shape index (κ1) is 26.1. The molecule has 1 aromatic heterocycles. The Morgan fingerprint density at radius 1 is 1.16 bits per heavy atom. The molecule has 1 aliphatic heterocycles. The highest BCUT2D eigenvalue weighted by Gasteiger charge is 2.26. The van der Waals surface area contributed by atoms with Crippen LogP contribution in [0.4, 0.5) is 0 Å². The summed E-state index contributed by atoms with van der Waals surface area (Å²) in [4.78, 5) is 6.42. The Morgan fingerprint density at radius 3 is 2.48 bits per heavy atom. The Labute approximate surface area is 207 Å². The van der Waals surface area contributed by atoms with E-state index in [0.29, 0.717) is 30.4 Å². The molecular weight excluding hydrogens is 543 g/mol. The van der Waals surface area contributed by atoms with Gasteiger partial charge in [0.25, 0.3) is 0 Å². The van der Waals surface area contributed by atoms with Gasteiger partial charge in [0.1, 0.15) is 0 Å². The summed E-state index contributed by atoms with van der Waals surface area (Å²) in [6.07, 6.45) is 2.94. The molecule has 6 nitrogen and oxygen atoms in total. The van der Waals surface area contributed by atoms with Crippen LogP contribution in [0, 0.1) is 5.92 Å². The van der Waals surface area contributed by atoms with E-state index in [-0.39, 0.29) is 24.0 Å². The van der Waals surface area contributed by atoms with E-state index in [9.17, 15) is 8.42 Å². The van der Waals surface area contributed by atoms with Gasteiger partial charge in [-0.1, -0.05) is 25.1 Å². The summed E-state index contributed by atoms with van der Waals surface area (Å²) in [5.41, 5.74) is 0.985. The number of halogens is 1. The second kappa shape index (κ2) is 12.8. The first-order valence-corrected chi connectivity index (χ1v) is 12.9. The zero-order chi connectivity index (χ0) is 21.4. The lowest BCUT2D eigenvalue weighted by Crippen LogP contribution is -2.39. The minimum atomic E-state index is -3.36. The van der Waals surface area contributed by atoms with Crippen molar-refractivity contribution in [3.63, 3.8) is 0 Å². The van der Waals surface area contributed by atoms with E-state index < -0.39 is 10.0 Å². The number of thiophene rings is 1. The molecule has 1 saturated heterocycles. The van der Waals surface area contributed by atoms with Gasteiger partial charge in [0.15, 0.2) is 5.96 Å². The van der Waals surface area contributed by atoms with Gasteiger partial charge in [0.05, 0.1) is 11.4 Å². The summed E-state index contributed by atoms with van der Waals surface area (Å²) in [7, 11) is -3.36. The third-order valence-corrected chi connectivity index (χ3v) is 7.95. The molecule has 172 valence electrons. The topological polar surface area (TPSA) is 73.8 Å². The van der Waals surface area contributed by atoms with E-state index in [1.54, 1.807) is 27.8 Å². The second-order valence-electron chi connectivity index (χ2n) is 7.72. The molecule has 0 bridgehead atoms. The van der Waals surface area contributed by atoms with Crippen LogP contribution >= 0.6 is 35.3 Å². The molecule has 1 aromatic carbocycles. The quantitative estimate of drug-likeness (QED) is 0.268. The summed E-state index contributed by atoms with van der Waals surface area (Å²) >= 11 is 1.79. The molecule has 0 aliphatic carbocycles. The molecular formula is C22H33IN4O2S2. The van der Waals surface area contributed by atoms with Crippen LogP contribution in [-0.4, -0.2) is 44.9 Å². The fraction of sp³-hybridized carbons (Fsp3) is 0.500. The number of guanidine groups is 1. The van der Waals surface area contributed by atoms with Crippen LogP contribution in [0.25, 0.3) is 0 Å². The molecule has 1 atom stereocenters. The fourth-order valence-electron chi connectivity index (χ4n) is 3.47. The minimum absolute atomic E-state index is 0. The number of sulfonamides is 1. The Balaban J connectivity index is 0.00000341. The molecule has 3 rings (SSSR count). The monoisotopic (exact) mass is 576 g/mol. The molecule has 0 spiro atoms. The van der Waals surface area contributed by atoms with Crippen molar-refractivity contribution in [3.8, 4) is 0 Å². The third-order valence-electron chi connectivity index (χ3n) is 5.14. The average Bonchev–Trinajstić information content (AvgIpc) is 3.45. The summed E-state index contributed by atoms with van der Waals surface area (Å²) in [6, 6.07) is 11.4. The lowest BCUT2D eigenvalue weighted by Gasteiger charge is -2.16. The molecule has 2 N–H and O–H groups in total. The summed E-state index contributed by atoms with van der Waals surface area (Å²) in [5.74, 6) is 1.28. The summed E-state index contributed by atoms with van der Waals surface area (Å²) < 4.78 is 26.9. The standard InChI is InChI=1S/C22H32N4O2S2.HI/c1-3-23-22(24-16-18(2)15-20-7-6-14-29-20)25-17-19-8-10-21(11-9-19)30(27,28)26-12-4-5-13-26;/h6-11,14,18H,3-5,12-13,15-17H2,1-2H3,(H2,23,24,25);1H. The average molecular weight is 577 g/mol. The van der Waals surface area contributed by atoms with Gasteiger partial charge < -0.3 is 10.6 Å². The molecule has 0 radical (unpaired) electrons. The predicted octanol–water partition coefficient (Wildman–Crippen LogP) is 4.08. The molecule has 1 aliphatic rings. The van der Waals surface area contributed by atoms with Crippen LogP contribution < -0.4 is 10.6 Å². The molecule has 2 heterocycles. The highest BCUT2D eigenvalue weighted by molar-refractivity contribution is 14.0. The first-order chi connectivity index (χ1) is 14.5. The molecule has 31 heavy (non-hydrogen) atoms. The van der Waals surface area contributed by atoms with Gasteiger partial charge in [-0.3, -0.25) is 0 Å². The molecule has 1 fully saturated rings. The van der Waals surface area contributed by atoms with Crippen molar-refractivity contribution in [1.29, 1.82) is 0 Å². The van der Waals surface area contributed by atoms with E-state index in [4.69, 9.17) is 0 Å². The van der Waals surface area contributed by atoms with E-state index in [1.807, 2.05) is 19.1 Å². The number of benzene rings is 1. The van der Waals surface area contributed by atoms with E-state index >= 15 is 0 Å². The van der Waals surface area contributed by atoms with Crippen LogP contribution in [0.1, 0.15) is 37.1 Å². The van der Waals surface area contributed by atoms with Crippen molar-refractivity contribution < 1.29 is 8.42 Å². The van der Waals surface area contributed by atoms with Crippen molar-refractivity contribution in [2.75, 3.05) is 26.2 Å². The van der Waals surface area contributed by atoms with Crippen molar-refractivity contribution >= 4 is 51.3 Å².